The van der Waals surface area contributed by atoms with Gasteiger partial charge in [-0.2, -0.15) is 0 Å². The fraction of sp³-hybridized carbons (Fsp3) is 0.190. The van der Waals surface area contributed by atoms with Gasteiger partial charge in [0.2, 0.25) is 0 Å². The number of amides is 1. The average molecular weight is 395 g/mol. The SMILES string of the molecule is O=C(Nc1ccccc1F)c1ccc(N2CCN(c3ccc(F)cc3)CC2)nn1. The lowest BCUT2D eigenvalue weighted by molar-refractivity contribution is 0.102. The maximum absolute atomic E-state index is 13.7. The summed E-state index contributed by atoms with van der Waals surface area (Å²) < 4.78 is 26.7. The average Bonchev–Trinajstić information content (AvgIpc) is 2.76. The largest absolute Gasteiger partial charge is 0.368 e. The van der Waals surface area contributed by atoms with Crippen molar-refractivity contribution in [1.29, 1.82) is 0 Å². The molecule has 0 unspecified atom stereocenters. The van der Waals surface area contributed by atoms with Crippen molar-refractivity contribution >= 4 is 23.1 Å². The lowest BCUT2D eigenvalue weighted by Crippen LogP contribution is -2.46. The molecule has 0 bridgehead atoms. The zero-order chi connectivity index (χ0) is 20.2. The number of benzene rings is 2. The van der Waals surface area contributed by atoms with Gasteiger partial charge in [0.15, 0.2) is 11.5 Å². The predicted octanol–water partition coefficient (Wildman–Crippen LogP) is 3.33. The van der Waals surface area contributed by atoms with Gasteiger partial charge in [0.05, 0.1) is 5.69 Å². The van der Waals surface area contributed by atoms with Crippen LogP contribution >= 0.6 is 0 Å². The quantitative estimate of drug-likeness (QED) is 0.734. The van der Waals surface area contributed by atoms with Crippen molar-refractivity contribution in [2.75, 3.05) is 41.3 Å². The van der Waals surface area contributed by atoms with Crippen LogP contribution in [0.5, 0.6) is 0 Å². The molecule has 1 aliphatic heterocycles. The molecule has 0 spiro atoms. The molecule has 6 nitrogen and oxygen atoms in total. The van der Waals surface area contributed by atoms with Gasteiger partial charge >= 0.3 is 0 Å². The highest BCUT2D eigenvalue weighted by Crippen LogP contribution is 2.20. The highest BCUT2D eigenvalue weighted by molar-refractivity contribution is 6.02. The first-order valence-corrected chi connectivity index (χ1v) is 9.25. The molecule has 1 amide bonds. The zero-order valence-electron chi connectivity index (χ0n) is 15.6. The van der Waals surface area contributed by atoms with Gasteiger partial charge in [0.25, 0.3) is 5.91 Å². The third-order valence-corrected chi connectivity index (χ3v) is 4.80. The summed E-state index contributed by atoms with van der Waals surface area (Å²) in [6, 6.07) is 15.7. The molecular weight excluding hydrogens is 376 g/mol. The first-order valence-electron chi connectivity index (χ1n) is 9.25. The Morgan fingerprint density at radius 1 is 0.828 bits per heavy atom. The molecule has 1 fully saturated rings. The van der Waals surface area contributed by atoms with Crippen molar-refractivity contribution in [3.8, 4) is 0 Å². The van der Waals surface area contributed by atoms with E-state index in [1.54, 1.807) is 36.4 Å². The number of hydrogen-bond donors (Lipinski definition) is 1. The van der Waals surface area contributed by atoms with Crippen LogP contribution in [0.3, 0.4) is 0 Å². The molecule has 1 N–H and O–H groups in total. The number of carbonyl (C=O) groups excluding carboxylic acids is 1. The molecule has 29 heavy (non-hydrogen) atoms. The second-order valence-corrected chi connectivity index (χ2v) is 6.66. The van der Waals surface area contributed by atoms with Gasteiger partial charge in [-0.05, 0) is 48.5 Å². The zero-order valence-corrected chi connectivity index (χ0v) is 15.6. The van der Waals surface area contributed by atoms with E-state index >= 15 is 0 Å². The summed E-state index contributed by atoms with van der Waals surface area (Å²) in [7, 11) is 0. The number of aromatic nitrogens is 2. The molecule has 2 aromatic carbocycles. The smallest absolute Gasteiger partial charge is 0.276 e. The van der Waals surface area contributed by atoms with E-state index in [9.17, 15) is 13.6 Å². The topological polar surface area (TPSA) is 61.4 Å². The van der Waals surface area contributed by atoms with E-state index in [1.807, 2.05) is 0 Å². The number of nitrogens with zero attached hydrogens (tertiary/aromatic N) is 4. The molecule has 3 aromatic rings. The molecule has 1 aliphatic rings. The maximum atomic E-state index is 13.7. The number of nitrogens with one attached hydrogen (secondary N) is 1. The van der Waals surface area contributed by atoms with Crippen LogP contribution in [0.4, 0.5) is 26.0 Å². The van der Waals surface area contributed by atoms with Gasteiger partial charge in [-0.1, -0.05) is 12.1 Å². The van der Waals surface area contributed by atoms with E-state index < -0.39 is 11.7 Å². The molecule has 1 aromatic heterocycles. The van der Waals surface area contributed by atoms with Crippen molar-refractivity contribution in [3.05, 3.63) is 78.0 Å². The summed E-state index contributed by atoms with van der Waals surface area (Å²) in [5, 5.41) is 10.6. The molecule has 8 heteroatoms. The fourth-order valence-electron chi connectivity index (χ4n) is 3.21. The predicted molar refractivity (Wildman–Crippen MR) is 107 cm³/mol. The summed E-state index contributed by atoms with van der Waals surface area (Å²) >= 11 is 0. The Labute approximate surface area is 166 Å². The van der Waals surface area contributed by atoms with Crippen LogP contribution in [0.1, 0.15) is 10.5 Å². The Morgan fingerprint density at radius 3 is 2.17 bits per heavy atom. The van der Waals surface area contributed by atoms with E-state index in [0.717, 1.165) is 31.9 Å². The maximum Gasteiger partial charge on any atom is 0.276 e. The molecule has 0 radical (unpaired) electrons. The highest BCUT2D eigenvalue weighted by Gasteiger charge is 2.19. The lowest BCUT2D eigenvalue weighted by atomic mass is 10.2. The molecule has 2 heterocycles. The summed E-state index contributed by atoms with van der Waals surface area (Å²) in [4.78, 5) is 16.5. The summed E-state index contributed by atoms with van der Waals surface area (Å²) in [6.07, 6.45) is 0. The van der Waals surface area contributed by atoms with E-state index in [1.165, 1.54) is 24.3 Å². The van der Waals surface area contributed by atoms with Crippen molar-refractivity contribution in [1.82, 2.24) is 10.2 Å². The van der Waals surface area contributed by atoms with Crippen LogP contribution in [0.25, 0.3) is 0 Å². The van der Waals surface area contributed by atoms with E-state index in [2.05, 4.69) is 25.3 Å². The molecular formula is C21H19F2N5O. The second-order valence-electron chi connectivity index (χ2n) is 6.66. The van der Waals surface area contributed by atoms with E-state index in [0.29, 0.717) is 5.82 Å². The Hall–Kier alpha value is -3.55. The molecule has 0 atom stereocenters. The molecule has 0 aliphatic carbocycles. The number of piperazine rings is 1. The first-order chi connectivity index (χ1) is 14.1. The Balaban J connectivity index is 1.36. The van der Waals surface area contributed by atoms with E-state index in [4.69, 9.17) is 0 Å². The number of rotatable bonds is 4. The molecule has 4 rings (SSSR count). The summed E-state index contributed by atoms with van der Waals surface area (Å²) in [5.74, 6) is -0.604. The third-order valence-electron chi connectivity index (χ3n) is 4.80. The number of halogens is 2. The van der Waals surface area contributed by atoms with Crippen LogP contribution in [-0.2, 0) is 0 Å². The third kappa shape index (κ3) is 4.31. The van der Waals surface area contributed by atoms with Crippen molar-refractivity contribution in [2.45, 2.75) is 0 Å². The normalized spacial score (nSPS) is 14.0. The van der Waals surface area contributed by atoms with Crippen LogP contribution in [0.2, 0.25) is 0 Å². The summed E-state index contributed by atoms with van der Waals surface area (Å²) in [6.45, 7) is 2.99. The number of para-hydroxylation sites is 1. The highest BCUT2D eigenvalue weighted by atomic mass is 19.1. The number of hydrogen-bond acceptors (Lipinski definition) is 5. The van der Waals surface area contributed by atoms with Gasteiger partial charge < -0.3 is 15.1 Å². The van der Waals surface area contributed by atoms with Gasteiger partial charge in [-0.25, -0.2) is 8.78 Å². The van der Waals surface area contributed by atoms with Gasteiger partial charge in [0.1, 0.15) is 11.6 Å². The minimum absolute atomic E-state index is 0.0975. The lowest BCUT2D eigenvalue weighted by Gasteiger charge is -2.36. The standard InChI is InChI=1S/C21H19F2N5O/c22-15-5-7-16(8-6-15)27-11-13-28(14-12-27)20-10-9-19(25-26-20)21(29)24-18-4-2-1-3-17(18)23/h1-10H,11-14H2,(H,24,29). The van der Waals surface area contributed by atoms with Gasteiger partial charge in [-0.15, -0.1) is 10.2 Å². The minimum Gasteiger partial charge on any atom is -0.368 e. The van der Waals surface area contributed by atoms with Crippen LogP contribution < -0.4 is 15.1 Å². The van der Waals surface area contributed by atoms with E-state index in [-0.39, 0.29) is 17.2 Å². The van der Waals surface area contributed by atoms with Crippen LogP contribution in [0, 0.1) is 11.6 Å². The Morgan fingerprint density at radius 2 is 1.52 bits per heavy atom. The molecule has 1 saturated heterocycles. The molecule has 0 saturated carbocycles. The fourth-order valence-corrected chi connectivity index (χ4v) is 3.21. The number of anilines is 3. The number of carbonyl (C=O) groups is 1. The molecule has 148 valence electrons. The monoisotopic (exact) mass is 395 g/mol. The Bertz CT molecular complexity index is 987. The van der Waals surface area contributed by atoms with Crippen molar-refractivity contribution in [2.24, 2.45) is 0 Å². The first kappa shape index (κ1) is 18.8. The Kier molecular flexibility index (Phi) is 5.33. The van der Waals surface area contributed by atoms with Crippen molar-refractivity contribution < 1.29 is 13.6 Å². The second kappa shape index (κ2) is 8.22. The minimum atomic E-state index is -0.518. The van der Waals surface area contributed by atoms with Crippen molar-refractivity contribution in [3.63, 3.8) is 0 Å². The van der Waals surface area contributed by atoms with Crippen LogP contribution in [-0.4, -0.2) is 42.3 Å². The van der Waals surface area contributed by atoms with Gasteiger partial charge in [0, 0.05) is 31.9 Å². The van der Waals surface area contributed by atoms with Gasteiger partial charge in [-0.3, -0.25) is 4.79 Å². The van der Waals surface area contributed by atoms with Crippen LogP contribution in [0.15, 0.2) is 60.7 Å². The summed E-state index contributed by atoms with van der Waals surface area (Å²) in [5.41, 5.74) is 1.19.